The summed E-state index contributed by atoms with van der Waals surface area (Å²) in [7, 11) is 1.88. The zero-order valence-corrected chi connectivity index (χ0v) is 12.8. The van der Waals surface area contributed by atoms with Crippen molar-refractivity contribution in [2.45, 2.75) is 33.7 Å². The highest BCUT2D eigenvalue weighted by Crippen LogP contribution is 2.24. The molecule has 0 bridgehead atoms. The molecule has 0 aliphatic heterocycles. The van der Waals surface area contributed by atoms with Gasteiger partial charge in [-0.15, -0.1) is 0 Å². The third kappa shape index (κ3) is 3.01. The van der Waals surface area contributed by atoms with Crippen molar-refractivity contribution in [2.75, 3.05) is 7.05 Å². The van der Waals surface area contributed by atoms with Crippen LogP contribution in [0, 0.1) is 5.41 Å². The Morgan fingerprint density at radius 1 is 1.10 bits per heavy atom. The van der Waals surface area contributed by atoms with E-state index in [1.165, 1.54) is 16.3 Å². The highest BCUT2D eigenvalue weighted by atomic mass is 16.2. The first kappa shape index (κ1) is 14.6. The molecule has 0 radical (unpaired) electrons. The lowest BCUT2D eigenvalue weighted by Crippen LogP contribution is -2.37. The molecule has 0 aliphatic rings. The maximum Gasteiger partial charge on any atom is 0.228 e. The van der Waals surface area contributed by atoms with Crippen LogP contribution in [0.5, 0.6) is 0 Å². The summed E-state index contributed by atoms with van der Waals surface area (Å²) in [4.78, 5) is 14.2. The molecule has 2 aromatic rings. The highest BCUT2D eigenvalue weighted by molar-refractivity contribution is 5.84. The van der Waals surface area contributed by atoms with Crippen LogP contribution in [0.15, 0.2) is 42.5 Å². The lowest BCUT2D eigenvalue weighted by molar-refractivity contribution is -0.139. The van der Waals surface area contributed by atoms with Gasteiger partial charge in [-0.2, -0.15) is 0 Å². The zero-order valence-electron chi connectivity index (χ0n) is 12.8. The molecule has 0 atom stereocenters. The summed E-state index contributed by atoms with van der Waals surface area (Å²) in [6.07, 6.45) is 0.855. The van der Waals surface area contributed by atoms with Crippen LogP contribution < -0.4 is 0 Å². The molecule has 2 rings (SSSR count). The maximum atomic E-state index is 12.4. The Balaban J connectivity index is 2.17. The monoisotopic (exact) mass is 269 g/mol. The smallest absolute Gasteiger partial charge is 0.228 e. The second-order valence-electron chi connectivity index (χ2n) is 6.08. The second kappa shape index (κ2) is 5.66. The molecule has 0 saturated carbocycles. The van der Waals surface area contributed by atoms with Gasteiger partial charge in [-0.25, -0.2) is 0 Å². The quantitative estimate of drug-likeness (QED) is 0.813. The van der Waals surface area contributed by atoms with E-state index in [9.17, 15) is 4.79 Å². The first-order valence-corrected chi connectivity index (χ1v) is 7.17. The Hall–Kier alpha value is -1.83. The molecule has 1 amide bonds. The van der Waals surface area contributed by atoms with E-state index in [2.05, 4.69) is 37.3 Å². The normalized spacial score (nSPS) is 11.6. The largest absolute Gasteiger partial charge is 0.341 e. The summed E-state index contributed by atoms with van der Waals surface area (Å²) in [5.41, 5.74) is 0.887. The third-order valence-corrected chi connectivity index (χ3v) is 4.04. The van der Waals surface area contributed by atoms with E-state index in [4.69, 9.17) is 0 Å². The summed E-state index contributed by atoms with van der Waals surface area (Å²) >= 11 is 0. The fraction of sp³-hybridized carbons (Fsp3) is 0.389. The molecule has 2 nitrogen and oxygen atoms in total. The number of hydrogen-bond acceptors (Lipinski definition) is 1. The fourth-order valence-electron chi connectivity index (χ4n) is 2.35. The van der Waals surface area contributed by atoms with Gasteiger partial charge in [-0.05, 0) is 28.8 Å². The minimum Gasteiger partial charge on any atom is -0.341 e. The Morgan fingerprint density at radius 3 is 2.40 bits per heavy atom. The van der Waals surface area contributed by atoms with Crippen LogP contribution in [0.4, 0.5) is 0 Å². The predicted octanol–water partition coefficient (Wildman–Crippen LogP) is 4.23. The van der Waals surface area contributed by atoms with Crippen molar-refractivity contribution < 1.29 is 4.79 Å². The van der Waals surface area contributed by atoms with E-state index in [1.54, 1.807) is 0 Å². The van der Waals surface area contributed by atoms with Crippen LogP contribution in [0.3, 0.4) is 0 Å². The molecule has 0 aromatic heterocycles. The van der Waals surface area contributed by atoms with Gasteiger partial charge >= 0.3 is 0 Å². The summed E-state index contributed by atoms with van der Waals surface area (Å²) in [6, 6.07) is 14.7. The van der Waals surface area contributed by atoms with Crippen molar-refractivity contribution in [1.29, 1.82) is 0 Å². The molecular weight excluding hydrogens is 246 g/mol. The minimum absolute atomic E-state index is 0.202. The molecule has 0 N–H and O–H groups in total. The average Bonchev–Trinajstić information content (AvgIpc) is 2.46. The summed E-state index contributed by atoms with van der Waals surface area (Å²) in [5.74, 6) is 0.202. The Morgan fingerprint density at radius 2 is 1.75 bits per heavy atom. The molecule has 0 saturated heterocycles. The van der Waals surface area contributed by atoms with Gasteiger partial charge in [0.05, 0.1) is 0 Å². The number of amides is 1. The van der Waals surface area contributed by atoms with E-state index in [-0.39, 0.29) is 11.3 Å². The summed E-state index contributed by atoms with van der Waals surface area (Å²) in [5, 5.41) is 2.46. The number of rotatable bonds is 4. The van der Waals surface area contributed by atoms with Crippen molar-refractivity contribution in [3.8, 4) is 0 Å². The zero-order chi connectivity index (χ0) is 14.8. The van der Waals surface area contributed by atoms with Crippen LogP contribution in [-0.4, -0.2) is 17.9 Å². The summed E-state index contributed by atoms with van der Waals surface area (Å²) < 4.78 is 0. The van der Waals surface area contributed by atoms with Crippen molar-refractivity contribution in [3.05, 3.63) is 48.0 Å². The standard InChI is InChI=1S/C18H23NO/c1-5-18(2,3)17(20)19(4)13-14-10-11-15-8-6-7-9-16(15)12-14/h6-12H,5,13H2,1-4H3. The lowest BCUT2D eigenvalue weighted by atomic mass is 9.88. The lowest BCUT2D eigenvalue weighted by Gasteiger charge is -2.28. The molecule has 20 heavy (non-hydrogen) atoms. The van der Waals surface area contributed by atoms with Gasteiger partial charge in [-0.3, -0.25) is 4.79 Å². The van der Waals surface area contributed by atoms with Gasteiger partial charge in [0.25, 0.3) is 0 Å². The number of carbonyl (C=O) groups is 1. The number of nitrogens with zero attached hydrogens (tertiary/aromatic N) is 1. The van der Waals surface area contributed by atoms with Crippen LogP contribution in [-0.2, 0) is 11.3 Å². The topological polar surface area (TPSA) is 20.3 Å². The molecule has 0 unspecified atom stereocenters. The van der Waals surface area contributed by atoms with Gasteiger partial charge in [-0.1, -0.05) is 57.2 Å². The number of hydrogen-bond donors (Lipinski definition) is 0. The first-order chi connectivity index (χ1) is 9.44. The predicted molar refractivity (Wildman–Crippen MR) is 84.5 cm³/mol. The van der Waals surface area contributed by atoms with E-state index >= 15 is 0 Å². The van der Waals surface area contributed by atoms with Gasteiger partial charge in [0.15, 0.2) is 0 Å². The summed E-state index contributed by atoms with van der Waals surface area (Å²) in [6.45, 7) is 6.73. The maximum absolute atomic E-state index is 12.4. The third-order valence-electron chi connectivity index (χ3n) is 4.04. The van der Waals surface area contributed by atoms with Gasteiger partial charge in [0.1, 0.15) is 0 Å². The van der Waals surface area contributed by atoms with E-state index in [0.29, 0.717) is 6.54 Å². The fourth-order valence-corrected chi connectivity index (χ4v) is 2.35. The molecule has 2 aromatic carbocycles. The van der Waals surface area contributed by atoms with Gasteiger partial charge < -0.3 is 4.90 Å². The van der Waals surface area contributed by atoms with Crippen LogP contribution in [0.2, 0.25) is 0 Å². The van der Waals surface area contributed by atoms with E-state index < -0.39 is 0 Å². The van der Waals surface area contributed by atoms with Gasteiger partial charge in [0, 0.05) is 19.0 Å². The van der Waals surface area contributed by atoms with E-state index in [0.717, 1.165) is 6.42 Å². The van der Waals surface area contributed by atoms with Gasteiger partial charge in [0.2, 0.25) is 5.91 Å². The Bertz CT molecular complexity index is 616. The highest BCUT2D eigenvalue weighted by Gasteiger charge is 2.28. The number of benzene rings is 2. The van der Waals surface area contributed by atoms with Crippen molar-refractivity contribution >= 4 is 16.7 Å². The average molecular weight is 269 g/mol. The SMILES string of the molecule is CCC(C)(C)C(=O)N(C)Cc1ccc2ccccc2c1. The first-order valence-electron chi connectivity index (χ1n) is 7.17. The molecule has 106 valence electrons. The van der Waals surface area contributed by atoms with Crippen LogP contribution in [0.1, 0.15) is 32.8 Å². The van der Waals surface area contributed by atoms with Crippen LogP contribution in [0.25, 0.3) is 10.8 Å². The number of carbonyl (C=O) groups excluding carboxylic acids is 1. The molecule has 2 heteroatoms. The second-order valence-corrected chi connectivity index (χ2v) is 6.08. The Kier molecular flexibility index (Phi) is 4.12. The molecule has 0 spiro atoms. The van der Waals surface area contributed by atoms with Crippen molar-refractivity contribution in [1.82, 2.24) is 4.90 Å². The number of fused-ring (bicyclic) bond motifs is 1. The minimum atomic E-state index is -0.286. The Labute approximate surface area is 121 Å². The molecule has 0 heterocycles. The van der Waals surface area contributed by atoms with Crippen molar-refractivity contribution in [2.24, 2.45) is 5.41 Å². The van der Waals surface area contributed by atoms with E-state index in [1.807, 2.05) is 37.9 Å². The van der Waals surface area contributed by atoms with Crippen LogP contribution >= 0.6 is 0 Å². The molecule has 0 fully saturated rings. The molecule has 0 aliphatic carbocycles. The molecular formula is C18H23NO. The van der Waals surface area contributed by atoms with Crippen molar-refractivity contribution in [3.63, 3.8) is 0 Å².